The second-order valence-electron chi connectivity index (χ2n) is 7.45. The van der Waals surface area contributed by atoms with E-state index in [2.05, 4.69) is 31.8 Å². The van der Waals surface area contributed by atoms with Gasteiger partial charge >= 0.3 is 0 Å². The highest BCUT2D eigenvalue weighted by molar-refractivity contribution is 9.10. The Labute approximate surface area is 207 Å². The van der Waals surface area contributed by atoms with Crippen LogP contribution in [0.15, 0.2) is 88.1 Å². The summed E-state index contributed by atoms with van der Waals surface area (Å²) in [6, 6.07) is 21.7. The summed E-state index contributed by atoms with van der Waals surface area (Å²) in [5, 5.41) is 6.74. The molecule has 0 saturated carbocycles. The Bertz CT molecular complexity index is 1210. The molecule has 2 amide bonds. The summed E-state index contributed by atoms with van der Waals surface area (Å²) in [6.07, 6.45) is 3.08. The number of rotatable bonds is 8. The zero-order valence-corrected chi connectivity index (χ0v) is 20.7. The van der Waals surface area contributed by atoms with E-state index in [4.69, 9.17) is 4.74 Å². The van der Waals surface area contributed by atoms with Gasteiger partial charge in [0.05, 0.1) is 13.3 Å². The van der Waals surface area contributed by atoms with Gasteiger partial charge in [0, 0.05) is 35.4 Å². The molecule has 2 N–H and O–H groups in total. The molecule has 34 heavy (non-hydrogen) atoms. The van der Waals surface area contributed by atoms with Crippen LogP contribution < -0.4 is 20.4 Å². The van der Waals surface area contributed by atoms with Crippen LogP contribution in [0.2, 0.25) is 0 Å². The average molecular weight is 521 g/mol. The van der Waals surface area contributed by atoms with Crippen molar-refractivity contribution in [1.82, 2.24) is 10.7 Å². The molecule has 3 aromatic carbocycles. The minimum Gasteiger partial charge on any atom is -0.496 e. The van der Waals surface area contributed by atoms with E-state index in [9.17, 15) is 9.59 Å². The van der Waals surface area contributed by atoms with E-state index in [1.165, 1.54) is 6.21 Å². The molecule has 174 valence electrons. The zero-order chi connectivity index (χ0) is 24.5. The molecule has 0 unspecified atom stereocenters. The number of carbonyl (C=O) groups is 2. The molecule has 0 aliphatic rings. The highest BCUT2D eigenvalue weighted by Crippen LogP contribution is 2.21. The van der Waals surface area contributed by atoms with E-state index in [-0.39, 0.29) is 5.70 Å². The quantitative estimate of drug-likeness (QED) is 0.261. The number of nitrogens with one attached hydrogen (secondary N) is 2. The van der Waals surface area contributed by atoms with E-state index in [0.717, 1.165) is 15.7 Å². The first-order valence-electron chi connectivity index (χ1n) is 10.4. The van der Waals surface area contributed by atoms with Gasteiger partial charge in [0.25, 0.3) is 11.8 Å². The van der Waals surface area contributed by atoms with Crippen molar-refractivity contribution in [2.24, 2.45) is 5.10 Å². The van der Waals surface area contributed by atoms with Crippen molar-refractivity contribution >= 4 is 45.7 Å². The number of methoxy groups -OCH3 is 1. The summed E-state index contributed by atoms with van der Waals surface area (Å²) in [7, 11) is 5.45. The van der Waals surface area contributed by atoms with E-state index in [1.54, 1.807) is 43.5 Å². The first-order chi connectivity index (χ1) is 16.4. The fourth-order valence-corrected chi connectivity index (χ4v) is 3.38. The monoisotopic (exact) mass is 520 g/mol. The first kappa shape index (κ1) is 24.7. The second kappa shape index (κ2) is 11.8. The zero-order valence-electron chi connectivity index (χ0n) is 19.1. The first-order valence-corrected chi connectivity index (χ1v) is 11.2. The van der Waals surface area contributed by atoms with Gasteiger partial charge in [-0.25, -0.2) is 5.43 Å². The van der Waals surface area contributed by atoms with Crippen LogP contribution in [-0.4, -0.2) is 39.2 Å². The lowest BCUT2D eigenvalue weighted by molar-refractivity contribution is -0.117. The van der Waals surface area contributed by atoms with Gasteiger partial charge in [-0.2, -0.15) is 5.10 Å². The molecule has 8 heteroatoms. The van der Waals surface area contributed by atoms with E-state index < -0.39 is 11.8 Å². The van der Waals surface area contributed by atoms with Gasteiger partial charge in [-0.15, -0.1) is 0 Å². The Morgan fingerprint density at radius 2 is 1.71 bits per heavy atom. The van der Waals surface area contributed by atoms with Crippen molar-refractivity contribution in [3.05, 3.63) is 99.7 Å². The van der Waals surface area contributed by atoms with Crippen LogP contribution in [0.1, 0.15) is 21.5 Å². The fourth-order valence-electron chi connectivity index (χ4n) is 3.00. The minimum atomic E-state index is -0.564. The van der Waals surface area contributed by atoms with Gasteiger partial charge < -0.3 is 15.0 Å². The smallest absolute Gasteiger partial charge is 0.287 e. The van der Waals surface area contributed by atoms with Crippen LogP contribution in [0.3, 0.4) is 0 Å². The van der Waals surface area contributed by atoms with Crippen LogP contribution in [0.25, 0.3) is 6.08 Å². The molecule has 0 spiro atoms. The number of hydrogen-bond acceptors (Lipinski definition) is 5. The highest BCUT2D eigenvalue weighted by atomic mass is 79.9. The largest absolute Gasteiger partial charge is 0.496 e. The summed E-state index contributed by atoms with van der Waals surface area (Å²) < 4.78 is 6.16. The number of hydrogen-bond donors (Lipinski definition) is 2. The average Bonchev–Trinajstić information content (AvgIpc) is 2.84. The normalized spacial score (nSPS) is 11.2. The predicted octanol–water partition coefficient (Wildman–Crippen LogP) is 4.44. The van der Waals surface area contributed by atoms with Crippen molar-refractivity contribution in [3.8, 4) is 5.75 Å². The molecule has 3 aromatic rings. The molecule has 0 radical (unpaired) electrons. The Morgan fingerprint density at radius 1 is 1.00 bits per heavy atom. The topological polar surface area (TPSA) is 83.0 Å². The maximum atomic E-state index is 12.9. The molecule has 3 rings (SSSR count). The second-order valence-corrected chi connectivity index (χ2v) is 8.37. The van der Waals surface area contributed by atoms with Crippen LogP contribution in [-0.2, 0) is 4.79 Å². The lowest BCUT2D eigenvalue weighted by Gasteiger charge is -2.12. The number of carbonyl (C=O) groups excluding carboxylic acids is 2. The van der Waals surface area contributed by atoms with Gasteiger partial charge in [0.1, 0.15) is 11.4 Å². The minimum absolute atomic E-state index is 0.0600. The highest BCUT2D eigenvalue weighted by Gasteiger charge is 2.14. The molecule has 0 atom stereocenters. The molecule has 0 heterocycles. The predicted molar refractivity (Wildman–Crippen MR) is 139 cm³/mol. The number of halogens is 1. The van der Waals surface area contributed by atoms with Gasteiger partial charge in [-0.3, -0.25) is 9.59 Å². The molecule has 0 bridgehead atoms. The van der Waals surface area contributed by atoms with Gasteiger partial charge in [0.15, 0.2) is 0 Å². The van der Waals surface area contributed by atoms with E-state index in [1.807, 2.05) is 61.5 Å². The number of amides is 2. The van der Waals surface area contributed by atoms with Crippen molar-refractivity contribution in [2.75, 3.05) is 26.1 Å². The number of benzene rings is 3. The number of ether oxygens (including phenoxy) is 1. The molecule has 0 aromatic heterocycles. The van der Waals surface area contributed by atoms with Crippen molar-refractivity contribution in [3.63, 3.8) is 0 Å². The van der Waals surface area contributed by atoms with Crippen LogP contribution in [0.5, 0.6) is 5.75 Å². The third-order valence-corrected chi connectivity index (χ3v) is 5.30. The third-order valence-electron chi connectivity index (χ3n) is 4.81. The van der Waals surface area contributed by atoms with Gasteiger partial charge in [0.2, 0.25) is 0 Å². The molecule has 0 saturated heterocycles. The number of hydrazone groups is 1. The number of nitrogens with zero attached hydrogens (tertiary/aromatic N) is 2. The van der Waals surface area contributed by atoms with Crippen LogP contribution >= 0.6 is 15.9 Å². The molecular formula is C26H25BrN4O3. The van der Waals surface area contributed by atoms with Crippen molar-refractivity contribution in [1.29, 1.82) is 0 Å². The van der Waals surface area contributed by atoms with Gasteiger partial charge in [-0.05, 0) is 54.1 Å². The number of anilines is 1. The fraction of sp³-hybridized carbons (Fsp3) is 0.115. The van der Waals surface area contributed by atoms with Crippen molar-refractivity contribution in [2.45, 2.75) is 0 Å². The van der Waals surface area contributed by atoms with Crippen LogP contribution in [0, 0.1) is 0 Å². The lowest BCUT2D eigenvalue weighted by Crippen LogP contribution is -2.32. The summed E-state index contributed by atoms with van der Waals surface area (Å²) in [5.41, 5.74) is 5.42. The van der Waals surface area contributed by atoms with E-state index in [0.29, 0.717) is 16.9 Å². The standard InChI is InChI=1S/C26H25BrN4O3/c1-31(2)22-12-9-18(10-13-22)15-23(29-25(32)19-7-5-4-6-8-19)26(33)30-28-17-20-16-21(27)11-14-24(20)34-3/h4-17H,1-3H3,(H,29,32)(H,30,33). The molecular weight excluding hydrogens is 496 g/mol. The summed E-state index contributed by atoms with van der Waals surface area (Å²) in [5.74, 6) is -0.356. The SMILES string of the molecule is COc1ccc(Br)cc1C=NNC(=O)C(=Cc1ccc(N(C)C)cc1)NC(=O)c1ccccc1. The maximum absolute atomic E-state index is 12.9. The Morgan fingerprint density at radius 3 is 2.35 bits per heavy atom. The van der Waals surface area contributed by atoms with Gasteiger partial charge in [-0.1, -0.05) is 46.3 Å². The summed E-state index contributed by atoms with van der Waals surface area (Å²) in [4.78, 5) is 27.6. The Hall–Kier alpha value is -3.91. The molecule has 0 aliphatic heterocycles. The Kier molecular flexibility index (Phi) is 8.59. The maximum Gasteiger partial charge on any atom is 0.287 e. The molecule has 0 fully saturated rings. The summed E-state index contributed by atoms with van der Waals surface area (Å²) >= 11 is 3.41. The third kappa shape index (κ3) is 6.79. The van der Waals surface area contributed by atoms with Crippen LogP contribution in [0.4, 0.5) is 5.69 Å². The molecule has 7 nitrogen and oxygen atoms in total. The van der Waals surface area contributed by atoms with E-state index >= 15 is 0 Å². The Balaban J connectivity index is 1.84. The lowest BCUT2D eigenvalue weighted by atomic mass is 10.1. The van der Waals surface area contributed by atoms with Crippen molar-refractivity contribution < 1.29 is 14.3 Å². The summed E-state index contributed by atoms with van der Waals surface area (Å²) in [6.45, 7) is 0. The molecule has 0 aliphatic carbocycles.